The van der Waals surface area contributed by atoms with Crippen LogP contribution >= 0.6 is 27.5 Å². The van der Waals surface area contributed by atoms with Crippen molar-refractivity contribution >= 4 is 59.4 Å². The van der Waals surface area contributed by atoms with Gasteiger partial charge in [-0.2, -0.15) is 0 Å². The minimum atomic E-state index is -2.94. The summed E-state index contributed by atoms with van der Waals surface area (Å²) in [5.41, 5.74) is 3.05. The molecule has 7 heteroatoms. The van der Waals surface area contributed by atoms with Crippen molar-refractivity contribution in [3.63, 3.8) is 0 Å². The topological polar surface area (TPSA) is 50.3 Å². The summed E-state index contributed by atoms with van der Waals surface area (Å²) in [5, 5.41) is 2.30. The van der Waals surface area contributed by atoms with Crippen LogP contribution in [0.2, 0.25) is 5.15 Å². The van der Waals surface area contributed by atoms with Crippen molar-refractivity contribution in [2.45, 2.75) is 31.4 Å². The zero-order valence-electron chi connectivity index (χ0n) is 15.2. The number of nitrogens with zero attached hydrogens (tertiary/aromatic N) is 2. The first-order valence-electron chi connectivity index (χ1n) is 9.18. The number of anilines is 1. The van der Waals surface area contributed by atoms with E-state index in [0.717, 1.165) is 64.4 Å². The van der Waals surface area contributed by atoms with Crippen LogP contribution in [0.4, 0.5) is 5.69 Å². The number of hydrogen-bond acceptors (Lipinski definition) is 4. The Balaban J connectivity index is 1.68. The molecule has 1 unspecified atom stereocenters. The van der Waals surface area contributed by atoms with E-state index in [1.165, 1.54) is 0 Å². The van der Waals surface area contributed by atoms with Gasteiger partial charge in [0.2, 0.25) is 0 Å². The summed E-state index contributed by atoms with van der Waals surface area (Å²) in [5.74, 6) is 0.559. The summed E-state index contributed by atoms with van der Waals surface area (Å²) in [4.78, 5) is 6.52. The average Bonchev–Trinajstić information content (AvgIpc) is 2.53. The minimum absolute atomic E-state index is 0.181. The van der Waals surface area contributed by atoms with Crippen LogP contribution in [0.5, 0.6) is 0 Å². The van der Waals surface area contributed by atoms with Gasteiger partial charge in [-0.15, -0.1) is 0 Å². The Labute approximate surface area is 173 Å². The molecule has 3 heterocycles. The lowest BCUT2D eigenvalue weighted by molar-refractivity contribution is 0.360. The molecule has 0 bridgehead atoms. The fraction of sp³-hybridized carbons (Fsp3) is 0.450. The van der Waals surface area contributed by atoms with Gasteiger partial charge in [-0.25, -0.2) is 13.4 Å². The van der Waals surface area contributed by atoms with E-state index in [1.54, 1.807) is 6.20 Å². The van der Waals surface area contributed by atoms with Gasteiger partial charge < -0.3 is 4.90 Å². The number of pyridine rings is 1. The van der Waals surface area contributed by atoms with Gasteiger partial charge >= 0.3 is 0 Å². The first-order valence-corrected chi connectivity index (χ1v) is 12.1. The van der Waals surface area contributed by atoms with Crippen molar-refractivity contribution in [2.24, 2.45) is 5.92 Å². The van der Waals surface area contributed by atoms with Gasteiger partial charge in [-0.3, -0.25) is 0 Å². The smallest absolute Gasteiger partial charge is 0.153 e. The van der Waals surface area contributed by atoms with E-state index in [0.29, 0.717) is 10.9 Å². The Morgan fingerprint density at radius 3 is 2.70 bits per heavy atom. The lowest BCUT2D eigenvalue weighted by Crippen LogP contribution is -2.55. The van der Waals surface area contributed by atoms with Crippen LogP contribution in [0.3, 0.4) is 0 Å². The Morgan fingerprint density at radius 1 is 1.30 bits per heavy atom. The number of fused-ring (bicyclic) bond motifs is 1. The summed E-state index contributed by atoms with van der Waals surface area (Å²) in [6, 6.07) is 3.96. The molecule has 2 aromatic rings. The van der Waals surface area contributed by atoms with Gasteiger partial charge in [-0.1, -0.05) is 40.5 Å². The summed E-state index contributed by atoms with van der Waals surface area (Å²) >= 11 is 9.83. The SMILES string of the molecule is C=C(C)c1c(Br)cc(N2CC(C3CCCCS3(=O)=O)C2)c2cnc(Cl)cc12. The molecule has 27 heavy (non-hydrogen) atoms. The van der Waals surface area contributed by atoms with E-state index in [9.17, 15) is 8.42 Å². The van der Waals surface area contributed by atoms with E-state index < -0.39 is 9.84 Å². The number of sulfone groups is 1. The van der Waals surface area contributed by atoms with Crippen molar-refractivity contribution in [3.8, 4) is 0 Å². The van der Waals surface area contributed by atoms with Crippen molar-refractivity contribution in [1.29, 1.82) is 0 Å². The quantitative estimate of drug-likeness (QED) is 0.588. The molecule has 0 aliphatic carbocycles. The molecule has 2 aliphatic heterocycles. The summed E-state index contributed by atoms with van der Waals surface area (Å²) in [6.07, 6.45) is 4.43. The van der Waals surface area contributed by atoms with Gasteiger partial charge in [0.15, 0.2) is 9.84 Å². The van der Waals surface area contributed by atoms with Crippen molar-refractivity contribution in [1.82, 2.24) is 4.98 Å². The molecule has 0 radical (unpaired) electrons. The lowest BCUT2D eigenvalue weighted by Gasteiger charge is -2.46. The number of benzene rings is 1. The van der Waals surface area contributed by atoms with Gasteiger partial charge in [0.25, 0.3) is 0 Å². The highest BCUT2D eigenvalue weighted by molar-refractivity contribution is 9.10. The van der Waals surface area contributed by atoms with E-state index in [4.69, 9.17) is 11.6 Å². The monoisotopic (exact) mass is 468 g/mol. The Hall–Kier alpha value is -1.11. The molecule has 2 aliphatic rings. The Bertz CT molecular complexity index is 1030. The zero-order valence-corrected chi connectivity index (χ0v) is 18.4. The van der Waals surface area contributed by atoms with E-state index in [2.05, 4.69) is 38.5 Å². The highest BCUT2D eigenvalue weighted by Crippen LogP contribution is 2.42. The predicted molar refractivity (Wildman–Crippen MR) is 116 cm³/mol. The number of allylic oxidation sites excluding steroid dienone is 1. The molecule has 144 valence electrons. The van der Waals surface area contributed by atoms with Crippen LogP contribution in [0.1, 0.15) is 31.7 Å². The van der Waals surface area contributed by atoms with Crippen molar-refractivity contribution < 1.29 is 8.42 Å². The molecular formula is C20H22BrClN2O2S. The van der Waals surface area contributed by atoms with Gasteiger partial charge in [0, 0.05) is 40.8 Å². The summed E-state index contributed by atoms with van der Waals surface area (Å²) in [7, 11) is -2.94. The largest absolute Gasteiger partial charge is 0.370 e. The second-order valence-corrected chi connectivity index (χ2v) is 11.2. The highest BCUT2D eigenvalue weighted by Gasteiger charge is 2.42. The molecule has 2 fully saturated rings. The molecule has 0 amide bonds. The third-order valence-corrected chi connectivity index (χ3v) is 8.98. The number of aromatic nitrogens is 1. The van der Waals surface area contributed by atoms with E-state index in [1.807, 2.05) is 13.0 Å². The van der Waals surface area contributed by atoms with Crippen LogP contribution in [0, 0.1) is 5.92 Å². The van der Waals surface area contributed by atoms with Crippen LogP contribution in [0.15, 0.2) is 29.4 Å². The summed E-state index contributed by atoms with van der Waals surface area (Å²) < 4.78 is 25.8. The minimum Gasteiger partial charge on any atom is -0.370 e. The van der Waals surface area contributed by atoms with Crippen LogP contribution < -0.4 is 4.90 Å². The number of rotatable bonds is 3. The molecule has 4 rings (SSSR count). The number of halogens is 2. The van der Waals surface area contributed by atoms with Crippen LogP contribution in [-0.4, -0.2) is 37.5 Å². The van der Waals surface area contributed by atoms with Gasteiger partial charge in [0.05, 0.1) is 11.0 Å². The first kappa shape index (κ1) is 19.2. The summed E-state index contributed by atoms with van der Waals surface area (Å²) in [6.45, 7) is 7.59. The number of hydrogen-bond donors (Lipinski definition) is 0. The van der Waals surface area contributed by atoms with E-state index >= 15 is 0 Å². The first-order chi connectivity index (χ1) is 12.8. The second kappa shape index (κ2) is 7.05. The van der Waals surface area contributed by atoms with Crippen molar-refractivity contribution in [3.05, 3.63) is 40.1 Å². The molecule has 4 nitrogen and oxygen atoms in total. The van der Waals surface area contributed by atoms with Gasteiger partial charge in [-0.05, 0) is 48.4 Å². The molecule has 2 saturated heterocycles. The fourth-order valence-electron chi connectivity index (χ4n) is 4.39. The third kappa shape index (κ3) is 3.40. The molecule has 0 saturated carbocycles. The van der Waals surface area contributed by atoms with E-state index in [-0.39, 0.29) is 11.2 Å². The predicted octanol–water partition coefficient (Wildman–Crippen LogP) is 5.09. The maximum absolute atomic E-state index is 12.4. The van der Waals surface area contributed by atoms with Crippen molar-refractivity contribution in [2.75, 3.05) is 23.7 Å². The highest BCUT2D eigenvalue weighted by atomic mass is 79.9. The van der Waals surface area contributed by atoms with Crippen LogP contribution in [0.25, 0.3) is 16.3 Å². The molecule has 0 N–H and O–H groups in total. The lowest BCUT2D eigenvalue weighted by atomic mass is 9.90. The normalized spacial score (nSPS) is 22.6. The second-order valence-electron chi connectivity index (χ2n) is 7.65. The van der Waals surface area contributed by atoms with Gasteiger partial charge in [0.1, 0.15) is 5.15 Å². The molecule has 1 aromatic heterocycles. The Kier molecular flexibility index (Phi) is 5.02. The average molecular weight is 470 g/mol. The van der Waals surface area contributed by atoms with Crippen LogP contribution in [-0.2, 0) is 9.84 Å². The molecule has 1 aromatic carbocycles. The third-order valence-electron chi connectivity index (χ3n) is 5.75. The zero-order chi connectivity index (χ0) is 19.3. The molecular weight excluding hydrogens is 448 g/mol. The molecule has 1 atom stereocenters. The standard InChI is InChI=1S/C20H22BrClN2O2S/c1-12(2)20-14-7-19(22)23-9-15(14)17(8-16(20)21)24-10-13(11-24)18-5-3-4-6-27(18,25)26/h7-9,13,18H,1,3-6,10-11H2,2H3. The molecule has 0 spiro atoms. The fourth-order valence-corrected chi connectivity index (χ4v) is 7.51. The maximum Gasteiger partial charge on any atom is 0.153 e. The maximum atomic E-state index is 12.4. The Morgan fingerprint density at radius 2 is 2.04 bits per heavy atom.